The molecule has 0 aliphatic carbocycles. The number of hydrogen-bond acceptors (Lipinski definition) is 8. The highest BCUT2D eigenvalue weighted by Crippen LogP contribution is 2.24. The first-order chi connectivity index (χ1) is 11.7. The molecule has 0 bridgehead atoms. The predicted octanol–water partition coefficient (Wildman–Crippen LogP) is 2.12. The predicted molar refractivity (Wildman–Crippen MR) is 85.4 cm³/mol. The second-order valence-electron chi connectivity index (χ2n) is 5.03. The molecule has 24 heavy (non-hydrogen) atoms. The van der Waals surface area contributed by atoms with E-state index in [4.69, 9.17) is 8.94 Å². The van der Waals surface area contributed by atoms with E-state index in [1.165, 1.54) is 11.8 Å². The maximum Gasteiger partial charge on any atom is 0.239 e. The Morgan fingerprint density at radius 3 is 3.04 bits per heavy atom. The number of tetrazole rings is 1. The molecule has 3 aromatic heterocycles. The fourth-order valence-electron chi connectivity index (χ4n) is 2.01. The van der Waals surface area contributed by atoms with Crippen molar-refractivity contribution in [3.05, 3.63) is 36.0 Å². The minimum atomic E-state index is -0.358. The summed E-state index contributed by atoms with van der Waals surface area (Å²) in [7, 11) is 0. The summed E-state index contributed by atoms with van der Waals surface area (Å²) in [6.45, 7) is 4.09. The third-order valence-electron chi connectivity index (χ3n) is 3.17. The average Bonchev–Trinajstić information content (AvgIpc) is 3.29. The van der Waals surface area contributed by atoms with Gasteiger partial charge in [-0.3, -0.25) is 4.79 Å². The summed E-state index contributed by atoms with van der Waals surface area (Å²) in [5, 5.41) is 18.3. The SMILES string of the molecule is CC[C@H](Sc1nnnn1Cc1ccco1)C(=O)Nc1cc(C)on1. The van der Waals surface area contributed by atoms with Gasteiger partial charge in [-0.2, -0.15) is 0 Å². The number of rotatable bonds is 7. The molecule has 0 fully saturated rings. The van der Waals surface area contributed by atoms with Gasteiger partial charge in [-0.05, 0) is 35.9 Å². The number of aromatic nitrogens is 5. The highest BCUT2D eigenvalue weighted by atomic mass is 32.2. The van der Waals surface area contributed by atoms with E-state index in [0.717, 1.165) is 5.76 Å². The Hall–Kier alpha value is -2.62. The fraction of sp³-hybridized carbons (Fsp3) is 0.357. The van der Waals surface area contributed by atoms with Crippen LogP contribution in [0.3, 0.4) is 0 Å². The zero-order valence-electron chi connectivity index (χ0n) is 13.2. The zero-order valence-corrected chi connectivity index (χ0v) is 14.0. The maximum absolute atomic E-state index is 12.4. The molecule has 3 aromatic rings. The Balaban J connectivity index is 1.67. The van der Waals surface area contributed by atoms with Crippen molar-refractivity contribution in [2.75, 3.05) is 5.32 Å². The summed E-state index contributed by atoms with van der Waals surface area (Å²) < 4.78 is 11.8. The lowest BCUT2D eigenvalue weighted by molar-refractivity contribution is -0.115. The van der Waals surface area contributed by atoms with E-state index in [2.05, 4.69) is 26.0 Å². The lowest BCUT2D eigenvalue weighted by Gasteiger charge is -2.12. The number of carbonyl (C=O) groups excluding carboxylic acids is 1. The molecule has 0 aromatic carbocycles. The fourth-order valence-corrected chi connectivity index (χ4v) is 2.91. The van der Waals surface area contributed by atoms with E-state index < -0.39 is 0 Å². The Bertz CT molecular complexity index is 797. The molecule has 0 unspecified atom stereocenters. The van der Waals surface area contributed by atoms with E-state index >= 15 is 0 Å². The second kappa shape index (κ2) is 7.30. The smallest absolute Gasteiger partial charge is 0.239 e. The first-order valence-corrected chi connectivity index (χ1v) is 8.23. The number of hydrogen-bond donors (Lipinski definition) is 1. The van der Waals surface area contributed by atoms with E-state index in [1.54, 1.807) is 30.0 Å². The maximum atomic E-state index is 12.4. The third-order valence-corrected chi connectivity index (χ3v) is 4.51. The van der Waals surface area contributed by atoms with Crippen molar-refractivity contribution in [3.63, 3.8) is 0 Å². The molecular formula is C14H16N6O3S. The van der Waals surface area contributed by atoms with Crippen LogP contribution in [0.15, 0.2) is 38.6 Å². The van der Waals surface area contributed by atoms with Gasteiger partial charge < -0.3 is 14.3 Å². The monoisotopic (exact) mass is 348 g/mol. The molecule has 9 nitrogen and oxygen atoms in total. The number of furan rings is 1. The van der Waals surface area contributed by atoms with Crippen LogP contribution in [0.1, 0.15) is 24.9 Å². The van der Waals surface area contributed by atoms with Crippen LogP contribution < -0.4 is 5.32 Å². The summed E-state index contributed by atoms with van der Waals surface area (Å²) in [5.74, 6) is 1.59. The van der Waals surface area contributed by atoms with Crippen molar-refractivity contribution >= 4 is 23.5 Å². The largest absolute Gasteiger partial charge is 0.467 e. The van der Waals surface area contributed by atoms with Gasteiger partial charge in [0.05, 0.1) is 11.5 Å². The van der Waals surface area contributed by atoms with Crippen LogP contribution in [0, 0.1) is 6.92 Å². The van der Waals surface area contributed by atoms with Crippen molar-refractivity contribution in [3.8, 4) is 0 Å². The quantitative estimate of drug-likeness (QED) is 0.646. The van der Waals surface area contributed by atoms with Gasteiger partial charge in [-0.15, -0.1) is 5.10 Å². The van der Waals surface area contributed by atoms with Gasteiger partial charge in [0.15, 0.2) is 5.82 Å². The Labute approximate surface area is 141 Å². The summed E-state index contributed by atoms with van der Waals surface area (Å²) in [5.41, 5.74) is 0. The van der Waals surface area contributed by atoms with Crippen LogP contribution in [0.4, 0.5) is 5.82 Å². The normalized spacial score (nSPS) is 12.2. The first-order valence-electron chi connectivity index (χ1n) is 7.35. The van der Waals surface area contributed by atoms with Gasteiger partial charge in [0, 0.05) is 6.07 Å². The second-order valence-corrected chi connectivity index (χ2v) is 6.20. The Kier molecular flexibility index (Phi) is 4.94. The molecular weight excluding hydrogens is 332 g/mol. The number of amides is 1. The van der Waals surface area contributed by atoms with Gasteiger partial charge in [-0.1, -0.05) is 23.8 Å². The van der Waals surface area contributed by atoms with Crippen LogP contribution in [0.25, 0.3) is 0 Å². The van der Waals surface area contributed by atoms with Gasteiger partial charge >= 0.3 is 0 Å². The van der Waals surface area contributed by atoms with E-state index in [1.807, 2.05) is 13.0 Å². The molecule has 0 saturated heterocycles. The lowest BCUT2D eigenvalue weighted by atomic mass is 10.3. The molecule has 10 heteroatoms. The molecule has 0 radical (unpaired) electrons. The van der Waals surface area contributed by atoms with Crippen LogP contribution >= 0.6 is 11.8 Å². The number of nitrogens with zero attached hydrogens (tertiary/aromatic N) is 5. The molecule has 0 spiro atoms. The lowest BCUT2D eigenvalue weighted by Crippen LogP contribution is -2.25. The van der Waals surface area contributed by atoms with Crippen LogP contribution in [-0.4, -0.2) is 36.5 Å². The first kappa shape index (κ1) is 16.2. The van der Waals surface area contributed by atoms with Gasteiger partial charge in [0.2, 0.25) is 11.1 Å². The van der Waals surface area contributed by atoms with E-state index in [0.29, 0.717) is 29.7 Å². The minimum Gasteiger partial charge on any atom is -0.467 e. The van der Waals surface area contributed by atoms with Crippen LogP contribution in [0.5, 0.6) is 0 Å². The Morgan fingerprint density at radius 1 is 1.50 bits per heavy atom. The standard InChI is InChI=1S/C14H16N6O3S/c1-3-11(13(21)15-12-7-9(2)23-17-12)24-14-16-18-19-20(14)8-10-5-4-6-22-10/h4-7,11H,3,8H2,1-2H3,(H,15,17,21)/t11-/m0/s1. The highest BCUT2D eigenvalue weighted by Gasteiger charge is 2.22. The van der Waals surface area contributed by atoms with Gasteiger partial charge in [0.1, 0.15) is 18.1 Å². The molecule has 1 atom stereocenters. The van der Waals surface area contributed by atoms with Crippen molar-refractivity contribution in [1.82, 2.24) is 25.4 Å². The van der Waals surface area contributed by atoms with Crippen LogP contribution in [-0.2, 0) is 11.3 Å². The summed E-state index contributed by atoms with van der Waals surface area (Å²) in [6, 6.07) is 5.30. The van der Waals surface area contributed by atoms with Crippen LogP contribution in [0.2, 0.25) is 0 Å². The number of anilines is 1. The molecule has 1 amide bonds. The minimum absolute atomic E-state index is 0.177. The number of thioether (sulfide) groups is 1. The summed E-state index contributed by atoms with van der Waals surface area (Å²) >= 11 is 1.29. The molecule has 3 heterocycles. The van der Waals surface area contributed by atoms with E-state index in [9.17, 15) is 4.79 Å². The molecule has 0 aliphatic heterocycles. The number of carbonyl (C=O) groups is 1. The van der Waals surface area contributed by atoms with Crippen molar-refractivity contribution in [1.29, 1.82) is 0 Å². The topological polar surface area (TPSA) is 112 Å². The Morgan fingerprint density at radius 2 is 2.38 bits per heavy atom. The summed E-state index contributed by atoms with van der Waals surface area (Å²) in [6.07, 6.45) is 2.20. The van der Waals surface area contributed by atoms with Crippen molar-refractivity contribution in [2.24, 2.45) is 0 Å². The number of nitrogens with one attached hydrogen (secondary N) is 1. The molecule has 3 rings (SSSR count). The average molecular weight is 348 g/mol. The molecule has 0 aliphatic rings. The number of aryl methyl sites for hydroxylation is 1. The zero-order chi connectivity index (χ0) is 16.9. The van der Waals surface area contributed by atoms with Crippen molar-refractivity contribution in [2.45, 2.75) is 37.2 Å². The molecule has 0 saturated carbocycles. The van der Waals surface area contributed by atoms with Gasteiger partial charge in [0.25, 0.3) is 0 Å². The third kappa shape index (κ3) is 3.82. The summed E-state index contributed by atoms with van der Waals surface area (Å²) in [4.78, 5) is 12.4. The highest BCUT2D eigenvalue weighted by molar-refractivity contribution is 8.00. The molecule has 1 N–H and O–H groups in total. The van der Waals surface area contributed by atoms with Gasteiger partial charge in [-0.25, -0.2) is 4.68 Å². The van der Waals surface area contributed by atoms with E-state index in [-0.39, 0.29) is 11.2 Å². The molecule has 126 valence electrons. The van der Waals surface area contributed by atoms with Crippen molar-refractivity contribution < 1.29 is 13.7 Å².